The number of carbonyl (C=O) groups excluding carboxylic acids is 1. The number of benzene rings is 2. The van der Waals surface area contributed by atoms with Gasteiger partial charge in [-0.3, -0.25) is 14.2 Å². The summed E-state index contributed by atoms with van der Waals surface area (Å²) in [5.74, 6) is -0.686. The fourth-order valence-electron chi connectivity index (χ4n) is 4.26. The lowest BCUT2D eigenvalue weighted by atomic mass is 9.74. The van der Waals surface area contributed by atoms with Crippen molar-refractivity contribution in [3.63, 3.8) is 0 Å². The summed E-state index contributed by atoms with van der Waals surface area (Å²) in [6.45, 7) is 12.0. The second-order valence-electron chi connectivity index (χ2n) is 10.2. The molecule has 1 amide bonds. The van der Waals surface area contributed by atoms with Gasteiger partial charge in [-0.2, -0.15) is 5.10 Å². The Kier molecular flexibility index (Phi) is 6.30. The molecule has 1 aromatic heterocycles. The molecule has 0 bridgehead atoms. The Morgan fingerprint density at radius 2 is 1.47 bits per heavy atom. The van der Waals surface area contributed by atoms with E-state index >= 15 is 0 Å². The molecule has 1 aliphatic rings. The Bertz CT molecular complexity index is 1470. The number of anilines is 1. The fraction of sp³-hybridized carbons (Fsp3) is 0.385. The highest BCUT2D eigenvalue weighted by Gasteiger charge is 2.52. The van der Waals surface area contributed by atoms with Gasteiger partial charge in [-0.25, -0.2) is 9.48 Å². The van der Waals surface area contributed by atoms with Crippen molar-refractivity contribution in [3.8, 4) is 11.1 Å². The number of hydrogen-bond donors (Lipinski definition) is 1. The Labute approximate surface area is 210 Å². The van der Waals surface area contributed by atoms with E-state index in [1.165, 1.54) is 14.1 Å². The Hall–Kier alpha value is -3.50. The maximum atomic E-state index is 12.9. The molecule has 4 rings (SSSR count). The van der Waals surface area contributed by atoms with E-state index in [2.05, 4.69) is 10.4 Å². The highest BCUT2D eigenvalue weighted by atomic mass is 16.7. The first kappa shape index (κ1) is 25.6. The van der Waals surface area contributed by atoms with Crippen LogP contribution in [0.15, 0.2) is 46.0 Å². The number of nitrogens with zero attached hydrogens (tertiary/aromatic N) is 3. The zero-order chi connectivity index (χ0) is 26.6. The van der Waals surface area contributed by atoms with Gasteiger partial charge in [0, 0.05) is 19.8 Å². The molecule has 2 heterocycles. The minimum atomic E-state index is -0.754. The third-order valence-corrected chi connectivity index (χ3v) is 7.29. The number of aromatic nitrogens is 3. The summed E-state index contributed by atoms with van der Waals surface area (Å²) < 4.78 is 14.4. The molecule has 10 heteroatoms. The van der Waals surface area contributed by atoms with Crippen LogP contribution in [-0.4, -0.2) is 38.6 Å². The van der Waals surface area contributed by atoms with E-state index in [1.54, 1.807) is 6.07 Å². The van der Waals surface area contributed by atoms with Gasteiger partial charge in [0.05, 0.1) is 11.2 Å². The van der Waals surface area contributed by atoms with Crippen molar-refractivity contribution in [2.45, 2.75) is 52.7 Å². The van der Waals surface area contributed by atoms with Crippen LogP contribution in [0.25, 0.3) is 11.1 Å². The number of carbonyl (C=O) groups is 1. The average Bonchev–Trinajstić information content (AvgIpc) is 3.03. The molecule has 3 aromatic rings. The summed E-state index contributed by atoms with van der Waals surface area (Å²) in [5.41, 5.74) is 2.59. The van der Waals surface area contributed by atoms with Crippen LogP contribution in [0.3, 0.4) is 0 Å². The summed E-state index contributed by atoms with van der Waals surface area (Å²) in [5, 5.41) is 6.65. The molecule has 9 nitrogen and oxygen atoms in total. The molecular formula is C26H31BN4O5. The van der Waals surface area contributed by atoms with E-state index in [4.69, 9.17) is 9.31 Å². The van der Waals surface area contributed by atoms with Gasteiger partial charge in [-0.05, 0) is 75.3 Å². The molecule has 0 spiro atoms. The molecule has 0 saturated carbocycles. The molecular weight excluding hydrogens is 459 g/mol. The molecule has 1 aliphatic heterocycles. The van der Waals surface area contributed by atoms with Gasteiger partial charge in [0.2, 0.25) is 5.69 Å². The molecule has 0 aliphatic carbocycles. The maximum absolute atomic E-state index is 12.9. The molecule has 0 atom stereocenters. The molecule has 0 unspecified atom stereocenters. The van der Waals surface area contributed by atoms with Crippen LogP contribution in [0.4, 0.5) is 5.69 Å². The molecule has 1 N–H and O–H groups in total. The van der Waals surface area contributed by atoms with Crippen molar-refractivity contribution >= 4 is 24.2 Å². The SMILES string of the molecule is Cc1c(NC(=O)c2nn(C)c(=O)n(C)c2=O)cccc1-c1cccc(B2OC(C)(C)C(C)(C)O2)c1C. The standard InChI is InChI=1S/C26H31BN4O5/c1-15-17(11-9-13-19(15)27-35-25(3,4)26(5,6)36-27)18-12-10-14-20(16(18)2)28-22(32)21-23(33)30(7)24(34)31(8)29-21/h9-14H,1-8H3,(H,28,32). The minimum Gasteiger partial charge on any atom is -0.399 e. The molecule has 188 valence electrons. The average molecular weight is 490 g/mol. The van der Waals surface area contributed by atoms with Crippen molar-refractivity contribution < 1.29 is 14.1 Å². The quantitative estimate of drug-likeness (QED) is 0.563. The van der Waals surface area contributed by atoms with E-state index in [1.807, 2.05) is 71.9 Å². The van der Waals surface area contributed by atoms with Crippen LogP contribution in [0.5, 0.6) is 0 Å². The van der Waals surface area contributed by atoms with E-state index < -0.39 is 35.5 Å². The third-order valence-electron chi connectivity index (χ3n) is 7.29. The van der Waals surface area contributed by atoms with Crippen LogP contribution < -0.4 is 22.0 Å². The fourth-order valence-corrected chi connectivity index (χ4v) is 4.26. The van der Waals surface area contributed by atoms with Gasteiger partial charge >= 0.3 is 12.8 Å². The summed E-state index contributed by atoms with van der Waals surface area (Å²) in [6, 6.07) is 11.6. The van der Waals surface area contributed by atoms with Gasteiger partial charge in [-0.1, -0.05) is 30.3 Å². The Morgan fingerprint density at radius 3 is 2.08 bits per heavy atom. The minimum absolute atomic E-state index is 0.358. The molecule has 1 saturated heterocycles. The van der Waals surface area contributed by atoms with E-state index in [9.17, 15) is 14.4 Å². The number of hydrogen-bond acceptors (Lipinski definition) is 6. The van der Waals surface area contributed by atoms with E-state index in [0.29, 0.717) is 5.69 Å². The monoisotopic (exact) mass is 490 g/mol. The lowest BCUT2D eigenvalue weighted by Gasteiger charge is -2.32. The largest absolute Gasteiger partial charge is 0.495 e. The van der Waals surface area contributed by atoms with Gasteiger partial charge in [0.15, 0.2) is 0 Å². The predicted molar refractivity (Wildman–Crippen MR) is 140 cm³/mol. The Morgan fingerprint density at radius 1 is 0.917 bits per heavy atom. The predicted octanol–water partition coefficient (Wildman–Crippen LogP) is 2.31. The number of aryl methyl sites for hydroxylation is 1. The maximum Gasteiger partial charge on any atom is 0.495 e. The van der Waals surface area contributed by atoms with Gasteiger partial charge < -0.3 is 14.6 Å². The normalized spacial score (nSPS) is 16.3. The first-order valence-corrected chi connectivity index (χ1v) is 11.8. The van der Waals surface area contributed by atoms with Crippen molar-refractivity contribution in [2.75, 3.05) is 5.32 Å². The van der Waals surface area contributed by atoms with Crippen molar-refractivity contribution in [3.05, 3.63) is 74.1 Å². The van der Waals surface area contributed by atoms with E-state index in [0.717, 1.165) is 37.0 Å². The van der Waals surface area contributed by atoms with Crippen LogP contribution >= 0.6 is 0 Å². The number of rotatable bonds is 4. The van der Waals surface area contributed by atoms with Gasteiger partial charge in [-0.15, -0.1) is 0 Å². The zero-order valence-corrected chi connectivity index (χ0v) is 21.9. The van der Waals surface area contributed by atoms with Crippen LogP contribution in [0, 0.1) is 13.8 Å². The van der Waals surface area contributed by atoms with Crippen LogP contribution in [0.2, 0.25) is 0 Å². The highest BCUT2D eigenvalue weighted by Crippen LogP contribution is 2.37. The van der Waals surface area contributed by atoms with Crippen molar-refractivity contribution in [1.82, 2.24) is 14.3 Å². The lowest BCUT2D eigenvalue weighted by Crippen LogP contribution is -2.43. The molecule has 1 fully saturated rings. The lowest BCUT2D eigenvalue weighted by molar-refractivity contribution is 0.00578. The van der Waals surface area contributed by atoms with Crippen LogP contribution in [-0.2, 0) is 23.4 Å². The zero-order valence-electron chi connectivity index (χ0n) is 21.9. The first-order chi connectivity index (χ1) is 16.7. The summed E-state index contributed by atoms with van der Waals surface area (Å²) >= 11 is 0. The van der Waals surface area contributed by atoms with Crippen molar-refractivity contribution in [2.24, 2.45) is 14.1 Å². The summed E-state index contributed by atoms with van der Waals surface area (Å²) in [4.78, 5) is 37.3. The molecule has 36 heavy (non-hydrogen) atoms. The molecule has 0 radical (unpaired) electrons. The highest BCUT2D eigenvalue weighted by molar-refractivity contribution is 6.62. The molecule has 2 aromatic carbocycles. The smallest absolute Gasteiger partial charge is 0.399 e. The first-order valence-electron chi connectivity index (χ1n) is 11.8. The number of nitrogens with one attached hydrogen (secondary N) is 1. The van der Waals surface area contributed by atoms with Gasteiger partial charge in [0.25, 0.3) is 11.5 Å². The summed E-state index contributed by atoms with van der Waals surface area (Å²) in [6.07, 6.45) is 0. The van der Waals surface area contributed by atoms with Crippen LogP contribution in [0.1, 0.15) is 49.3 Å². The van der Waals surface area contributed by atoms with E-state index in [-0.39, 0.29) is 5.69 Å². The summed E-state index contributed by atoms with van der Waals surface area (Å²) in [7, 11) is 2.20. The van der Waals surface area contributed by atoms with Crippen molar-refractivity contribution in [1.29, 1.82) is 0 Å². The second-order valence-corrected chi connectivity index (χ2v) is 10.2. The van der Waals surface area contributed by atoms with Gasteiger partial charge in [0.1, 0.15) is 0 Å². The number of amides is 1. The second kappa shape index (κ2) is 8.87. The third kappa shape index (κ3) is 4.20. The topological polar surface area (TPSA) is 104 Å². The Balaban J connectivity index is 1.70.